The van der Waals surface area contributed by atoms with E-state index in [4.69, 9.17) is 9.47 Å². The van der Waals surface area contributed by atoms with Gasteiger partial charge in [0.15, 0.2) is 5.96 Å². The van der Waals surface area contributed by atoms with Gasteiger partial charge in [-0.2, -0.15) is 0 Å². The largest absolute Gasteiger partial charge is 0.497 e. The number of benzene rings is 1. The van der Waals surface area contributed by atoms with E-state index in [9.17, 15) is 9.90 Å². The molecule has 1 atom stereocenters. The van der Waals surface area contributed by atoms with Crippen LogP contribution in [0.4, 0.5) is 4.79 Å². The minimum atomic E-state index is -0.723. The molecule has 0 saturated heterocycles. The van der Waals surface area contributed by atoms with Crippen molar-refractivity contribution in [3.8, 4) is 5.75 Å². The number of aliphatic hydroxyl groups is 1. The Hall–Kier alpha value is -1.75. The Balaban J connectivity index is 0.00000784. The topological polar surface area (TPSA) is 104 Å². The van der Waals surface area contributed by atoms with Crippen molar-refractivity contribution in [1.29, 1.82) is 0 Å². The summed E-state index contributed by atoms with van der Waals surface area (Å²) in [5.74, 6) is 1.31. The molecule has 0 aliphatic rings. The minimum Gasteiger partial charge on any atom is -0.497 e. The van der Waals surface area contributed by atoms with Crippen molar-refractivity contribution in [2.24, 2.45) is 4.99 Å². The van der Waals surface area contributed by atoms with Crippen LogP contribution in [0.3, 0.4) is 0 Å². The van der Waals surface area contributed by atoms with E-state index in [1.165, 1.54) is 0 Å². The van der Waals surface area contributed by atoms with Gasteiger partial charge in [0.05, 0.1) is 19.8 Å². The number of rotatable bonds is 9. The number of carbonyl (C=O) groups is 1. The normalized spacial score (nSPS) is 12.4. The number of hydrogen-bond acceptors (Lipinski definition) is 5. The number of aliphatic imine (C=N–C) groups is 1. The van der Waals surface area contributed by atoms with E-state index in [1.807, 2.05) is 45.9 Å². The number of hydrogen-bond donors (Lipinski definition) is 4. The number of guanidine groups is 1. The fourth-order valence-electron chi connectivity index (χ4n) is 2.27. The second-order valence-electron chi connectivity index (χ2n) is 7.22. The lowest BCUT2D eigenvalue weighted by Crippen LogP contribution is -2.39. The molecule has 0 heterocycles. The molecule has 0 radical (unpaired) electrons. The zero-order valence-electron chi connectivity index (χ0n) is 17.9. The van der Waals surface area contributed by atoms with Crippen LogP contribution in [-0.4, -0.2) is 56.0 Å². The van der Waals surface area contributed by atoms with Gasteiger partial charge in [-0.25, -0.2) is 4.79 Å². The molecule has 0 aliphatic carbocycles. The number of halogens is 1. The molecule has 9 heteroatoms. The van der Waals surface area contributed by atoms with Gasteiger partial charge in [-0.3, -0.25) is 4.99 Å². The average molecular weight is 522 g/mol. The van der Waals surface area contributed by atoms with Crippen LogP contribution in [0.5, 0.6) is 5.75 Å². The van der Waals surface area contributed by atoms with Crippen molar-refractivity contribution < 1.29 is 19.4 Å². The number of nitrogens with zero attached hydrogens (tertiary/aromatic N) is 1. The molecular formula is C20H35IN4O4. The number of nitrogens with one attached hydrogen (secondary N) is 3. The Morgan fingerprint density at radius 1 is 1.21 bits per heavy atom. The highest BCUT2D eigenvalue weighted by atomic mass is 127. The molecule has 1 aromatic rings. The van der Waals surface area contributed by atoms with Gasteiger partial charge in [-0.15, -0.1) is 24.0 Å². The average Bonchev–Trinajstić information content (AvgIpc) is 2.64. The number of aliphatic hydroxyl groups excluding tert-OH is 1. The molecule has 0 fully saturated rings. The van der Waals surface area contributed by atoms with E-state index in [-0.39, 0.29) is 30.5 Å². The second kappa shape index (κ2) is 14.3. The van der Waals surface area contributed by atoms with Crippen LogP contribution in [0.1, 0.15) is 45.8 Å². The van der Waals surface area contributed by atoms with Crippen molar-refractivity contribution in [3.05, 3.63) is 29.8 Å². The summed E-state index contributed by atoms with van der Waals surface area (Å²) >= 11 is 0. The fraction of sp³-hybridized carbons (Fsp3) is 0.600. The maximum Gasteiger partial charge on any atom is 0.407 e. The summed E-state index contributed by atoms with van der Waals surface area (Å²) < 4.78 is 10.4. The van der Waals surface area contributed by atoms with Gasteiger partial charge in [-0.1, -0.05) is 12.1 Å². The smallest absolute Gasteiger partial charge is 0.407 e. The number of alkyl carbamates (subject to hydrolysis) is 1. The Morgan fingerprint density at radius 3 is 2.52 bits per heavy atom. The van der Waals surface area contributed by atoms with E-state index in [0.29, 0.717) is 37.8 Å². The summed E-state index contributed by atoms with van der Waals surface area (Å²) in [5, 5.41) is 19.4. The van der Waals surface area contributed by atoms with Gasteiger partial charge in [-0.05, 0) is 51.8 Å². The Morgan fingerprint density at radius 2 is 1.90 bits per heavy atom. The van der Waals surface area contributed by atoms with E-state index in [2.05, 4.69) is 20.9 Å². The van der Waals surface area contributed by atoms with Crippen molar-refractivity contribution in [3.63, 3.8) is 0 Å². The van der Waals surface area contributed by atoms with Crippen LogP contribution in [-0.2, 0) is 4.74 Å². The fourth-order valence-corrected chi connectivity index (χ4v) is 2.27. The van der Waals surface area contributed by atoms with Crippen LogP contribution in [0.2, 0.25) is 0 Å². The molecule has 1 rings (SSSR count). The van der Waals surface area contributed by atoms with Gasteiger partial charge < -0.3 is 30.5 Å². The van der Waals surface area contributed by atoms with Crippen molar-refractivity contribution >= 4 is 36.0 Å². The first-order valence-corrected chi connectivity index (χ1v) is 9.56. The minimum absolute atomic E-state index is 0. The predicted octanol–water partition coefficient (Wildman–Crippen LogP) is 2.82. The predicted molar refractivity (Wildman–Crippen MR) is 126 cm³/mol. The van der Waals surface area contributed by atoms with E-state index >= 15 is 0 Å². The highest BCUT2D eigenvalue weighted by molar-refractivity contribution is 14.0. The zero-order chi connectivity index (χ0) is 21.0. The molecule has 29 heavy (non-hydrogen) atoms. The quantitative estimate of drug-likeness (QED) is 0.172. The first-order valence-electron chi connectivity index (χ1n) is 9.56. The third kappa shape index (κ3) is 12.4. The molecular weight excluding hydrogens is 487 g/mol. The monoisotopic (exact) mass is 522 g/mol. The number of amides is 1. The number of methoxy groups -OCH3 is 1. The van der Waals surface area contributed by atoms with Gasteiger partial charge in [0.2, 0.25) is 0 Å². The Labute approximate surface area is 190 Å². The molecule has 1 amide bonds. The summed E-state index contributed by atoms with van der Waals surface area (Å²) in [6, 6.07) is 7.30. The third-order valence-corrected chi connectivity index (χ3v) is 3.56. The lowest BCUT2D eigenvalue weighted by atomic mass is 10.1. The first kappa shape index (κ1) is 27.2. The summed E-state index contributed by atoms with van der Waals surface area (Å²) in [7, 11) is 1.59. The van der Waals surface area contributed by atoms with Crippen LogP contribution < -0.4 is 20.7 Å². The van der Waals surface area contributed by atoms with Crippen LogP contribution in [0.15, 0.2) is 29.3 Å². The van der Waals surface area contributed by atoms with Crippen molar-refractivity contribution in [2.45, 2.75) is 45.8 Å². The summed E-state index contributed by atoms with van der Waals surface area (Å²) in [6.07, 6.45) is -0.434. The van der Waals surface area contributed by atoms with E-state index < -0.39 is 17.8 Å². The van der Waals surface area contributed by atoms with Crippen molar-refractivity contribution in [1.82, 2.24) is 16.0 Å². The maximum atomic E-state index is 11.6. The highest BCUT2D eigenvalue weighted by Crippen LogP contribution is 2.19. The molecule has 166 valence electrons. The van der Waals surface area contributed by atoms with Gasteiger partial charge >= 0.3 is 6.09 Å². The highest BCUT2D eigenvalue weighted by Gasteiger charge is 2.15. The van der Waals surface area contributed by atoms with E-state index in [1.54, 1.807) is 13.2 Å². The van der Waals surface area contributed by atoms with Gasteiger partial charge in [0, 0.05) is 19.6 Å². The standard InChI is InChI=1S/C20H34N4O4.HI/c1-6-21-18(22-11-8-12-23-19(26)28-20(2,3)4)24-14-17(25)15-9-7-10-16(13-15)27-5;/h7,9-10,13,17,25H,6,8,11-12,14H2,1-5H3,(H,23,26)(H2,21,22,24);1H. The molecule has 0 aromatic heterocycles. The zero-order valence-corrected chi connectivity index (χ0v) is 20.3. The summed E-state index contributed by atoms with van der Waals surface area (Å²) in [6.45, 7) is 9.49. The lowest BCUT2D eigenvalue weighted by Gasteiger charge is -2.19. The van der Waals surface area contributed by atoms with Crippen molar-refractivity contribution in [2.75, 3.05) is 33.3 Å². The van der Waals surface area contributed by atoms with Crippen LogP contribution in [0.25, 0.3) is 0 Å². The Kier molecular flexibility index (Phi) is 13.4. The van der Waals surface area contributed by atoms with Gasteiger partial charge in [0.25, 0.3) is 0 Å². The van der Waals surface area contributed by atoms with E-state index in [0.717, 1.165) is 5.56 Å². The molecule has 4 N–H and O–H groups in total. The molecule has 0 saturated carbocycles. The summed E-state index contributed by atoms with van der Waals surface area (Å²) in [5.41, 5.74) is 0.247. The molecule has 0 bridgehead atoms. The SMILES string of the molecule is CCNC(=NCC(O)c1cccc(OC)c1)NCCCNC(=O)OC(C)(C)C.I. The molecule has 1 unspecified atom stereocenters. The number of carbonyl (C=O) groups excluding carboxylic acids is 1. The molecule has 1 aromatic carbocycles. The first-order chi connectivity index (χ1) is 13.2. The second-order valence-corrected chi connectivity index (χ2v) is 7.22. The molecule has 0 spiro atoms. The molecule has 0 aliphatic heterocycles. The maximum absolute atomic E-state index is 11.6. The third-order valence-electron chi connectivity index (χ3n) is 3.56. The van der Waals surface area contributed by atoms with Crippen LogP contribution in [0, 0.1) is 0 Å². The Bertz CT molecular complexity index is 635. The van der Waals surface area contributed by atoms with Gasteiger partial charge in [0.1, 0.15) is 11.4 Å². The molecule has 8 nitrogen and oxygen atoms in total. The summed E-state index contributed by atoms with van der Waals surface area (Å²) in [4.78, 5) is 16.0. The number of ether oxygens (including phenoxy) is 2. The lowest BCUT2D eigenvalue weighted by molar-refractivity contribution is 0.0527. The van der Waals surface area contributed by atoms with Crippen LogP contribution >= 0.6 is 24.0 Å².